The van der Waals surface area contributed by atoms with E-state index in [9.17, 15) is 21.9 Å². The van der Waals surface area contributed by atoms with Crippen molar-refractivity contribution >= 4 is 19.9 Å². The molecule has 26 heavy (non-hydrogen) atoms. The first kappa shape index (κ1) is 20.9. The zero-order chi connectivity index (χ0) is 19.5. The lowest BCUT2D eigenvalue weighted by molar-refractivity contribution is 0.0729. The van der Waals surface area contributed by atoms with Crippen molar-refractivity contribution < 1.29 is 36.5 Å². The van der Waals surface area contributed by atoms with Crippen molar-refractivity contribution in [2.45, 2.75) is 23.5 Å². The van der Waals surface area contributed by atoms with Gasteiger partial charge in [-0.05, 0) is 18.6 Å². The summed E-state index contributed by atoms with van der Waals surface area (Å²) in [6, 6.07) is 3.33. The van der Waals surface area contributed by atoms with Gasteiger partial charge >= 0.3 is 0 Å². The van der Waals surface area contributed by atoms with Crippen molar-refractivity contribution in [1.29, 1.82) is 0 Å². The second kappa shape index (κ2) is 8.09. The van der Waals surface area contributed by atoms with Gasteiger partial charge in [-0.15, -0.1) is 0 Å². The molecule has 1 aromatic rings. The molecule has 0 aliphatic carbocycles. The topological polar surface area (TPSA) is 130 Å². The summed E-state index contributed by atoms with van der Waals surface area (Å²) in [4.78, 5) is -0.171. The van der Waals surface area contributed by atoms with Crippen molar-refractivity contribution in [2.75, 3.05) is 38.9 Å². The van der Waals surface area contributed by atoms with Crippen LogP contribution in [-0.2, 0) is 19.9 Å². The highest BCUT2D eigenvalue weighted by Gasteiger charge is 2.40. The molecule has 1 saturated heterocycles. The summed E-state index contributed by atoms with van der Waals surface area (Å²) >= 11 is 0. The van der Waals surface area contributed by atoms with Gasteiger partial charge in [0.25, 0.3) is 0 Å². The van der Waals surface area contributed by atoms with Crippen molar-refractivity contribution in [1.82, 2.24) is 4.31 Å². The molecular formula is C15H23NO8S2. The monoisotopic (exact) mass is 409 g/mol. The Balaban J connectivity index is 2.48. The van der Waals surface area contributed by atoms with Crippen LogP contribution in [0.4, 0.5) is 0 Å². The number of hydrogen-bond donors (Lipinski definition) is 2. The summed E-state index contributed by atoms with van der Waals surface area (Å²) in [5, 5.41) is 18.9. The summed E-state index contributed by atoms with van der Waals surface area (Å²) in [7, 11) is -4.81. The van der Waals surface area contributed by atoms with Crippen LogP contribution in [0.5, 0.6) is 11.5 Å². The van der Waals surface area contributed by atoms with Crippen LogP contribution < -0.4 is 9.47 Å². The maximum atomic E-state index is 13.2. The molecule has 0 spiro atoms. The first-order chi connectivity index (χ1) is 12.1. The van der Waals surface area contributed by atoms with E-state index in [2.05, 4.69) is 0 Å². The van der Waals surface area contributed by atoms with E-state index in [4.69, 9.17) is 14.6 Å². The Hall–Kier alpha value is -1.40. The second-order valence-electron chi connectivity index (χ2n) is 5.98. The molecule has 0 radical (unpaired) electrons. The van der Waals surface area contributed by atoms with Gasteiger partial charge in [-0.25, -0.2) is 16.8 Å². The fourth-order valence-electron chi connectivity index (χ4n) is 2.83. The molecule has 1 aliphatic heterocycles. The van der Waals surface area contributed by atoms with Crippen molar-refractivity contribution in [3.8, 4) is 11.5 Å². The third-order valence-corrected chi connectivity index (χ3v) is 7.88. The quantitative estimate of drug-likeness (QED) is 0.573. The second-order valence-corrected chi connectivity index (χ2v) is 10.1. The maximum Gasteiger partial charge on any atom is 0.247 e. The van der Waals surface area contributed by atoms with Gasteiger partial charge in [0.1, 0.15) is 16.4 Å². The van der Waals surface area contributed by atoms with Gasteiger partial charge in [0.2, 0.25) is 10.0 Å². The normalized spacial score (nSPS) is 20.9. The van der Waals surface area contributed by atoms with Crippen LogP contribution in [0.25, 0.3) is 0 Å². The molecular weight excluding hydrogens is 386 g/mol. The maximum absolute atomic E-state index is 13.2. The van der Waals surface area contributed by atoms with Gasteiger partial charge in [-0.1, -0.05) is 0 Å². The molecule has 0 amide bonds. The molecule has 0 bridgehead atoms. The minimum atomic E-state index is -4.19. The van der Waals surface area contributed by atoms with E-state index >= 15 is 0 Å². The molecule has 2 N–H and O–H groups in total. The van der Waals surface area contributed by atoms with Gasteiger partial charge in [0.05, 0.1) is 38.4 Å². The molecule has 148 valence electrons. The average molecular weight is 409 g/mol. The lowest BCUT2D eigenvalue weighted by Gasteiger charge is -2.29. The molecule has 9 nitrogen and oxygen atoms in total. The van der Waals surface area contributed by atoms with E-state index in [1.165, 1.54) is 32.4 Å². The van der Waals surface area contributed by atoms with E-state index in [1.807, 2.05) is 0 Å². The van der Waals surface area contributed by atoms with Crippen LogP contribution >= 0.6 is 0 Å². The van der Waals surface area contributed by atoms with Crippen LogP contribution in [0.15, 0.2) is 23.1 Å². The van der Waals surface area contributed by atoms with Crippen LogP contribution in [0, 0.1) is 0 Å². The van der Waals surface area contributed by atoms with E-state index in [0.717, 1.165) is 4.31 Å². The molecule has 1 fully saturated rings. The zero-order valence-corrected chi connectivity index (χ0v) is 16.2. The summed E-state index contributed by atoms with van der Waals surface area (Å²) < 4.78 is 61.1. The Morgan fingerprint density at radius 1 is 1.31 bits per heavy atom. The molecule has 2 atom stereocenters. The first-order valence-corrected chi connectivity index (χ1v) is 11.1. The molecule has 11 heteroatoms. The Kier molecular flexibility index (Phi) is 6.51. The van der Waals surface area contributed by atoms with E-state index in [-0.39, 0.29) is 28.6 Å². The smallest absolute Gasteiger partial charge is 0.247 e. The third kappa shape index (κ3) is 4.46. The number of nitrogens with zero attached hydrogens (tertiary/aromatic N) is 1. The zero-order valence-electron chi connectivity index (χ0n) is 14.5. The van der Waals surface area contributed by atoms with E-state index in [1.54, 1.807) is 0 Å². The molecule has 0 saturated carbocycles. The number of methoxy groups -OCH3 is 2. The predicted molar refractivity (Wildman–Crippen MR) is 93.6 cm³/mol. The molecule has 1 aliphatic rings. The van der Waals surface area contributed by atoms with Gasteiger partial charge in [0.15, 0.2) is 9.84 Å². The fraction of sp³-hybridized carbons (Fsp3) is 0.600. The summed E-state index contributed by atoms with van der Waals surface area (Å²) in [6.45, 7) is -1.07. The van der Waals surface area contributed by atoms with Crippen molar-refractivity contribution in [3.63, 3.8) is 0 Å². The van der Waals surface area contributed by atoms with Crippen LogP contribution in [0.2, 0.25) is 0 Å². The van der Waals surface area contributed by atoms with Crippen LogP contribution in [0.1, 0.15) is 6.42 Å². The predicted octanol–water partition coefficient (Wildman–Crippen LogP) is -0.765. The Labute approximate surface area is 153 Å². The molecule has 0 unspecified atom stereocenters. The number of rotatable bonds is 8. The highest BCUT2D eigenvalue weighted by Crippen LogP contribution is 2.33. The van der Waals surface area contributed by atoms with Gasteiger partial charge in [-0.2, -0.15) is 4.31 Å². The number of sulfonamides is 1. The lowest BCUT2D eigenvalue weighted by Crippen LogP contribution is -2.46. The summed E-state index contributed by atoms with van der Waals surface area (Å²) in [5.41, 5.74) is 0. The van der Waals surface area contributed by atoms with Crippen LogP contribution in [0.3, 0.4) is 0 Å². The lowest BCUT2D eigenvalue weighted by atomic mass is 10.2. The highest BCUT2D eigenvalue weighted by molar-refractivity contribution is 7.92. The van der Waals surface area contributed by atoms with Gasteiger partial charge in [0, 0.05) is 18.7 Å². The molecule has 0 aromatic heterocycles. The fourth-order valence-corrected chi connectivity index (χ4v) is 6.48. The van der Waals surface area contributed by atoms with E-state index in [0.29, 0.717) is 5.75 Å². The minimum Gasteiger partial charge on any atom is -0.497 e. The van der Waals surface area contributed by atoms with Crippen LogP contribution in [-0.4, -0.2) is 82.4 Å². The Morgan fingerprint density at radius 2 is 2.00 bits per heavy atom. The molecule has 1 heterocycles. The number of aliphatic hydroxyl groups is 2. The number of sulfone groups is 1. The summed E-state index contributed by atoms with van der Waals surface area (Å²) in [5.74, 6) is -0.0264. The minimum absolute atomic E-state index is 0.0358. The molecule has 2 rings (SSSR count). The number of aliphatic hydroxyl groups excluding tert-OH is 2. The number of ether oxygens (including phenoxy) is 2. The first-order valence-electron chi connectivity index (χ1n) is 7.88. The Morgan fingerprint density at radius 3 is 2.50 bits per heavy atom. The average Bonchev–Trinajstić information content (AvgIpc) is 2.97. The van der Waals surface area contributed by atoms with Gasteiger partial charge in [-0.3, -0.25) is 0 Å². The standard InChI is InChI=1S/C15H23NO8S2/c1-23-13-3-4-15(14(7-13)24-2)26(21,22)16(8-12(18)9-17)11-5-6-25(19,20)10-11/h3-4,7,11-12,17-18H,5-6,8-10H2,1-2H3/t11-,12+/m0/s1. The highest BCUT2D eigenvalue weighted by atomic mass is 32.2. The molecule has 1 aromatic carbocycles. The summed E-state index contributed by atoms with van der Waals surface area (Å²) in [6.07, 6.45) is -1.21. The number of benzene rings is 1. The van der Waals surface area contributed by atoms with E-state index < -0.39 is 45.2 Å². The van der Waals surface area contributed by atoms with Crippen molar-refractivity contribution in [2.24, 2.45) is 0 Å². The third-order valence-electron chi connectivity index (χ3n) is 4.17. The van der Waals surface area contributed by atoms with Crippen molar-refractivity contribution in [3.05, 3.63) is 18.2 Å². The number of hydrogen-bond acceptors (Lipinski definition) is 8. The van der Waals surface area contributed by atoms with Gasteiger partial charge < -0.3 is 19.7 Å². The largest absolute Gasteiger partial charge is 0.497 e. The Bertz CT molecular complexity index is 837. The SMILES string of the molecule is COc1ccc(S(=O)(=O)N(C[C@@H](O)CO)[C@H]2CCS(=O)(=O)C2)c(OC)c1.